The average Bonchev–Trinajstić information content (AvgIpc) is 2.73. The molecule has 0 radical (unpaired) electrons. The van der Waals surface area contributed by atoms with Crippen molar-refractivity contribution in [1.29, 1.82) is 0 Å². The first kappa shape index (κ1) is 14.0. The van der Waals surface area contributed by atoms with E-state index in [1.165, 1.54) is 11.1 Å². The van der Waals surface area contributed by atoms with Crippen molar-refractivity contribution >= 4 is 32.9 Å². The predicted octanol–water partition coefficient (Wildman–Crippen LogP) is 2.29. The van der Waals surface area contributed by atoms with Gasteiger partial charge in [0, 0.05) is 5.69 Å². The van der Waals surface area contributed by atoms with Gasteiger partial charge in [-0.25, -0.2) is 8.42 Å². The van der Waals surface area contributed by atoms with Crippen LogP contribution in [0, 0.1) is 0 Å². The second-order valence-corrected chi connectivity index (χ2v) is 7.28. The van der Waals surface area contributed by atoms with Crippen LogP contribution in [0.1, 0.15) is 11.1 Å². The average molecular weight is 318 g/mol. The summed E-state index contributed by atoms with van der Waals surface area (Å²) in [5, 5.41) is 0. The van der Waals surface area contributed by atoms with Crippen molar-refractivity contribution in [3.63, 3.8) is 0 Å². The van der Waals surface area contributed by atoms with Gasteiger partial charge in [0.05, 0.1) is 4.99 Å². The van der Waals surface area contributed by atoms with E-state index in [0.717, 1.165) is 17.5 Å². The normalized spacial score (nSPS) is 12.6. The van der Waals surface area contributed by atoms with Crippen molar-refractivity contribution in [3.8, 4) is 11.1 Å². The molecular weight excluding hydrogens is 304 g/mol. The molecule has 0 saturated heterocycles. The number of rotatable bonds is 4. The first-order chi connectivity index (χ1) is 9.94. The Kier molecular flexibility index (Phi) is 3.43. The molecule has 1 aliphatic carbocycles. The number of benzene rings is 2. The maximum Gasteiger partial charge on any atom is 0.239 e. The van der Waals surface area contributed by atoms with Crippen molar-refractivity contribution < 1.29 is 8.42 Å². The van der Waals surface area contributed by atoms with E-state index in [2.05, 4.69) is 29.1 Å². The lowest BCUT2D eigenvalue weighted by atomic mass is 10.1. The molecule has 0 atom stereocenters. The van der Waals surface area contributed by atoms with Gasteiger partial charge >= 0.3 is 0 Å². The van der Waals surface area contributed by atoms with Crippen molar-refractivity contribution in [2.45, 2.75) is 6.42 Å². The van der Waals surface area contributed by atoms with Crippen LogP contribution in [-0.4, -0.2) is 19.2 Å². The fraction of sp³-hybridized carbons (Fsp3) is 0.133. The third-order valence-electron chi connectivity index (χ3n) is 3.40. The number of nitrogens with one attached hydrogen (secondary N) is 1. The molecule has 6 heteroatoms. The van der Waals surface area contributed by atoms with Crippen molar-refractivity contribution in [2.24, 2.45) is 5.73 Å². The van der Waals surface area contributed by atoms with Gasteiger partial charge in [0.15, 0.2) is 0 Å². The fourth-order valence-electron chi connectivity index (χ4n) is 2.61. The minimum Gasteiger partial charge on any atom is -0.392 e. The molecule has 0 fully saturated rings. The van der Waals surface area contributed by atoms with Gasteiger partial charge in [-0.05, 0) is 40.8 Å². The molecule has 0 spiro atoms. The van der Waals surface area contributed by atoms with Gasteiger partial charge in [-0.3, -0.25) is 4.72 Å². The standard InChI is InChI=1S/C15H14N2O2S2/c16-15(20)9-21(18,19)17-12-5-6-14-11(8-12)7-10-3-1-2-4-13(10)14/h1-6,8,17H,7,9H2,(H2,16,20). The summed E-state index contributed by atoms with van der Waals surface area (Å²) in [5.74, 6) is -0.348. The quantitative estimate of drug-likeness (QED) is 0.724. The Hall–Kier alpha value is -1.92. The molecule has 108 valence electrons. The second kappa shape index (κ2) is 5.13. The van der Waals surface area contributed by atoms with E-state index in [4.69, 9.17) is 5.73 Å². The van der Waals surface area contributed by atoms with Crippen LogP contribution in [0.25, 0.3) is 11.1 Å². The Labute approximate surface area is 129 Å². The topological polar surface area (TPSA) is 72.2 Å². The highest BCUT2D eigenvalue weighted by atomic mass is 32.2. The highest BCUT2D eigenvalue weighted by molar-refractivity contribution is 7.95. The number of hydrogen-bond donors (Lipinski definition) is 2. The smallest absolute Gasteiger partial charge is 0.239 e. The van der Waals surface area contributed by atoms with Gasteiger partial charge in [-0.2, -0.15) is 0 Å². The summed E-state index contributed by atoms with van der Waals surface area (Å²) in [4.78, 5) is -0.0453. The molecule has 0 heterocycles. The first-order valence-corrected chi connectivity index (χ1v) is 8.51. The molecule has 0 unspecified atom stereocenters. The Morgan fingerprint density at radius 3 is 2.62 bits per heavy atom. The Morgan fingerprint density at radius 2 is 1.86 bits per heavy atom. The SMILES string of the molecule is NC(=S)CS(=O)(=O)Nc1ccc2c(c1)Cc1ccccc1-2. The Balaban J connectivity index is 1.89. The van der Waals surface area contributed by atoms with Crippen LogP contribution in [0.5, 0.6) is 0 Å². The summed E-state index contributed by atoms with van der Waals surface area (Å²) in [6.07, 6.45) is 0.816. The van der Waals surface area contributed by atoms with Gasteiger partial charge in [0.25, 0.3) is 0 Å². The highest BCUT2D eigenvalue weighted by Gasteiger charge is 2.19. The molecule has 4 nitrogen and oxygen atoms in total. The maximum atomic E-state index is 11.9. The molecule has 3 rings (SSSR count). The summed E-state index contributed by atoms with van der Waals surface area (Å²) in [5.41, 5.74) is 10.6. The number of nitrogens with two attached hydrogens (primary N) is 1. The van der Waals surface area contributed by atoms with Crippen LogP contribution in [0.3, 0.4) is 0 Å². The number of thiocarbonyl (C=S) groups is 1. The Morgan fingerprint density at radius 1 is 1.14 bits per heavy atom. The van der Waals surface area contributed by atoms with Crippen LogP contribution in [-0.2, 0) is 16.4 Å². The molecule has 2 aromatic rings. The van der Waals surface area contributed by atoms with Crippen molar-refractivity contribution in [1.82, 2.24) is 0 Å². The molecule has 21 heavy (non-hydrogen) atoms. The molecule has 0 aromatic heterocycles. The molecule has 2 aromatic carbocycles. The minimum absolute atomic E-state index is 0.0453. The number of fused-ring (bicyclic) bond motifs is 3. The first-order valence-electron chi connectivity index (χ1n) is 6.44. The maximum absolute atomic E-state index is 11.9. The monoisotopic (exact) mass is 318 g/mol. The Bertz CT molecular complexity index is 829. The lowest BCUT2D eigenvalue weighted by Gasteiger charge is -2.09. The number of anilines is 1. The van der Waals surface area contributed by atoms with Crippen LogP contribution in [0.15, 0.2) is 42.5 Å². The van der Waals surface area contributed by atoms with Gasteiger partial charge in [0.2, 0.25) is 10.0 Å². The summed E-state index contributed by atoms with van der Waals surface area (Å²) >= 11 is 4.65. The summed E-state index contributed by atoms with van der Waals surface area (Å²) in [6.45, 7) is 0. The largest absolute Gasteiger partial charge is 0.392 e. The van der Waals surface area contributed by atoms with E-state index in [9.17, 15) is 8.42 Å². The summed E-state index contributed by atoms with van der Waals surface area (Å²) < 4.78 is 26.2. The lowest BCUT2D eigenvalue weighted by Crippen LogP contribution is -2.26. The molecule has 3 N–H and O–H groups in total. The summed E-state index contributed by atoms with van der Waals surface area (Å²) in [6, 6.07) is 13.8. The van der Waals surface area contributed by atoms with E-state index in [1.54, 1.807) is 6.07 Å². The zero-order valence-corrected chi connectivity index (χ0v) is 12.8. The zero-order valence-electron chi connectivity index (χ0n) is 11.2. The van der Waals surface area contributed by atoms with Gasteiger partial charge in [-0.1, -0.05) is 42.5 Å². The van der Waals surface area contributed by atoms with Crippen molar-refractivity contribution in [2.75, 3.05) is 10.5 Å². The number of sulfonamides is 1. The lowest BCUT2D eigenvalue weighted by molar-refractivity contribution is 0.605. The van der Waals surface area contributed by atoms with Crippen molar-refractivity contribution in [3.05, 3.63) is 53.6 Å². The van der Waals surface area contributed by atoms with Crippen LogP contribution >= 0.6 is 12.2 Å². The van der Waals surface area contributed by atoms with E-state index < -0.39 is 10.0 Å². The van der Waals surface area contributed by atoms with E-state index in [0.29, 0.717) is 5.69 Å². The van der Waals surface area contributed by atoms with Gasteiger partial charge in [0.1, 0.15) is 5.75 Å². The number of hydrogen-bond acceptors (Lipinski definition) is 3. The minimum atomic E-state index is -3.53. The summed E-state index contributed by atoms with van der Waals surface area (Å²) in [7, 11) is -3.53. The third kappa shape index (κ3) is 2.91. The molecule has 1 aliphatic rings. The molecule has 0 aliphatic heterocycles. The fourth-order valence-corrected chi connectivity index (χ4v) is 4.01. The van der Waals surface area contributed by atoms with Gasteiger partial charge in [-0.15, -0.1) is 0 Å². The highest BCUT2D eigenvalue weighted by Crippen LogP contribution is 2.37. The van der Waals surface area contributed by atoms with E-state index in [-0.39, 0.29) is 10.7 Å². The predicted molar refractivity (Wildman–Crippen MR) is 88.9 cm³/mol. The zero-order chi connectivity index (χ0) is 15.0. The van der Waals surface area contributed by atoms with Crippen LogP contribution in [0.4, 0.5) is 5.69 Å². The molecule has 0 bridgehead atoms. The second-order valence-electron chi connectivity index (χ2n) is 5.03. The van der Waals surface area contributed by atoms with E-state index in [1.807, 2.05) is 24.3 Å². The molecule has 0 amide bonds. The van der Waals surface area contributed by atoms with Crippen LogP contribution < -0.4 is 10.5 Å². The van der Waals surface area contributed by atoms with Crippen LogP contribution in [0.2, 0.25) is 0 Å². The molecular formula is C15H14N2O2S2. The van der Waals surface area contributed by atoms with E-state index >= 15 is 0 Å². The molecule has 0 saturated carbocycles. The third-order valence-corrected chi connectivity index (χ3v) is 4.96. The van der Waals surface area contributed by atoms with Gasteiger partial charge < -0.3 is 5.73 Å².